The fraction of sp³-hybridized carbons (Fsp3) is 0.471. The normalized spacial score (nSPS) is 20.3. The van der Waals surface area contributed by atoms with E-state index in [1.807, 2.05) is 18.7 Å². The van der Waals surface area contributed by atoms with Crippen LogP contribution in [0.25, 0.3) is 11.4 Å². The molecule has 1 fully saturated rings. The number of H-pyrrole nitrogens is 1. The molecule has 0 saturated carbocycles. The van der Waals surface area contributed by atoms with Crippen LogP contribution in [0.4, 0.5) is 0 Å². The number of piperidine rings is 1. The SMILES string of the molecule is C[C@H]1CCC[C@H](C)N1C(=O)COC(=O)c1ccc(-c2nn[nH]n2)cc1. The van der Waals surface area contributed by atoms with Crippen molar-refractivity contribution in [1.82, 2.24) is 25.5 Å². The molecule has 1 N–H and O–H groups in total. The third-order valence-electron chi connectivity index (χ3n) is 4.53. The molecule has 0 bridgehead atoms. The molecule has 0 unspecified atom stereocenters. The zero-order chi connectivity index (χ0) is 17.8. The molecule has 1 amide bonds. The number of likely N-dealkylation sites (tertiary alicyclic amines) is 1. The van der Waals surface area contributed by atoms with E-state index in [2.05, 4.69) is 20.6 Å². The number of rotatable bonds is 4. The highest BCUT2D eigenvalue weighted by Gasteiger charge is 2.29. The van der Waals surface area contributed by atoms with Crippen LogP contribution < -0.4 is 0 Å². The molecule has 132 valence electrons. The molecule has 1 aliphatic heterocycles. The molecule has 1 saturated heterocycles. The monoisotopic (exact) mass is 343 g/mol. The second-order valence-corrected chi connectivity index (χ2v) is 6.32. The van der Waals surface area contributed by atoms with Gasteiger partial charge in [0.2, 0.25) is 5.82 Å². The van der Waals surface area contributed by atoms with E-state index in [0.29, 0.717) is 11.4 Å². The minimum Gasteiger partial charge on any atom is -0.452 e. The molecule has 2 atom stereocenters. The van der Waals surface area contributed by atoms with Crippen LogP contribution in [0, 0.1) is 0 Å². The van der Waals surface area contributed by atoms with Crippen molar-refractivity contribution in [2.75, 3.05) is 6.61 Å². The van der Waals surface area contributed by atoms with Gasteiger partial charge in [-0.15, -0.1) is 10.2 Å². The molecule has 0 spiro atoms. The molecule has 1 aromatic heterocycles. The predicted molar refractivity (Wildman–Crippen MR) is 89.5 cm³/mol. The highest BCUT2D eigenvalue weighted by atomic mass is 16.5. The van der Waals surface area contributed by atoms with E-state index in [9.17, 15) is 9.59 Å². The Labute approximate surface area is 145 Å². The number of hydrogen-bond acceptors (Lipinski definition) is 6. The smallest absolute Gasteiger partial charge is 0.338 e. The summed E-state index contributed by atoms with van der Waals surface area (Å²) in [5.41, 5.74) is 1.11. The Hall–Kier alpha value is -2.77. The summed E-state index contributed by atoms with van der Waals surface area (Å²) in [5.74, 6) is -0.218. The second kappa shape index (κ2) is 7.42. The van der Waals surface area contributed by atoms with Gasteiger partial charge in [0.1, 0.15) is 0 Å². The van der Waals surface area contributed by atoms with Crippen LogP contribution >= 0.6 is 0 Å². The average molecular weight is 343 g/mol. The summed E-state index contributed by atoms with van der Waals surface area (Å²) >= 11 is 0. The number of nitrogens with zero attached hydrogens (tertiary/aromatic N) is 4. The molecule has 0 aliphatic carbocycles. The number of esters is 1. The van der Waals surface area contributed by atoms with Crippen LogP contribution in [-0.2, 0) is 9.53 Å². The predicted octanol–water partition coefficient (Wildman–Crippen LogP) is 1.81. The highest BCUT2D eigenvalue weighted by molar-refractivity contribution is 5.91. The fourth-order valence-corrected chi connectivity index (χ4v) is 3.24. The molecule has 1 aliphatic rings. The number of carbonyl (C=O) groups is 2. The minimum atomic E-state index is -0.523. The van der Waals surface area contributed by atoms with Gasteiger partial charge in [0.05, 0.1) is 5.56 Å². The fourth-order valence-electron chi connectivity index (χ4n) is 3.24. The summed E-state index contributed by atoms with van der Waals surface area (Å²) in [7, 11) is 0. The quantitative estimate of drug-likeness (QED) is 0.850. The van der Waals surface area contributed by atoms with Crippen LogP contribution in [0.15, 0.2) is 24.3 Å². The van der Waals surface area contributed by atoms with E-state index < -0.39 is 5.97 Å². The van der Waals surface area contributed by atoms with Crippen LogP contribution in [0.1, 0.15) is 43.5 Å². The van der Waals surface area contributed by atoms with E-state index in [4.69, 9.17) is 4.74 Å². The molecule has 2 aromatic rings. The summed E-state index contributed by atoms with van der Waals surface area (Å²) in [4.78, 5) is 26.4. The highest BCUT2D eigenvalue weighted by Crippen LogP contribution is 2.22. The number of tetrazole rings is 1. The lowest BCUT2D eigenvalue weighted by molar-refractivity contribution is -0.140. The van der Waals surface area contributed by atoms with Crippen molar-refractivity contribution in [2.24, 2.45) is 0 Å². The van der Waals surface area contributed by atoms with Crippen molar-refractivity contribution in [3.63, 3.8) is 0 Å². The number of carbonyl (C=O) groups excluding carboxylic acids is 2. The largest absolute Gasteiger partial charge is 0.452 e. The van der Waals surface area contributed by atoms with Gasteiger partial charge in [-0.2, -0.15) is 5.21 Å². The molecule has 2 heterocycles. The summed E-state index contributed by atoms with van der Waals surface area (Å²) in [6.45, 7) is 3.83. The molecule has 3 rings (SSSR count). The number of amides is 1. The maximum atomic E-state index is 12.4. The van der Waals surface area contributed by atoms with Crippen molar-refractivity contribution in [3.8, 4) is 11.4 Å². The van der Waals surface area contributed by atoms with E-state index in [1.165, 1.54) is 0 Å². The molecule has 1 aromatic carbocycles. The first-order valence-corrected chi connectivity index (χ1v) is 8.38. The van der Waals surface area contributed by atoms with Crippen LogP contribution in [0.2, 0.25) is 0 Å². The first kappa shape index (κ1) is 17.1. The lowest BCUT2D eigenvalue weighted by atomic mass is 9.97. The first-order valence-electron chi connectivity index (χ1n) is 8.38. The zero-order valence-corrected chi connectivity index (χ0v) is 14.3. The van der Waals surface area contributed by atoms with E-state index in [-0.39, 0.29) is 24.6 Å². The number of nitrogens with one attached hydrogen (secondary N) is 1. The maximum absolute atomic E-state index is 12.4. The Morgan fingerprint density at radius 2 is 1.88 bits per heavy atom. The Balaban J connectivity index is 1.58. The lowest BCUT2D eigenvalue weighted by Gasteiger charge is -2.38. The summed E-state index contributed by atoms with van der Waals surface area (Å²) in [5, 5.41) is 13.6. The lowest BCUT2D eigenvalue weighted by Crippen LogP contribution is -2.49. The van der Waals surface area contributed by atoms with E-state index >= 15 is 0 Å². The topological polar surface area (TPSA) is 101 Å². The second-order valence-electron chi connectivity index (χ2n) is 6.32. The molecular weight excluding hydrogens is 322 g/mol. The van der Waals surface area contributed by atoms with Gasteiger partial charge in [-0.25, -0.2) is 4.79 Å². The third-order valence-corrected chi connectivity index (χ3v) is 4.53. The average Bonchev–Trinajstić information content (AvgIpc) is 3.14. The Morgan fingerprint density at radius 3 is 2.48 bits per heavy atom. The molecule has 0 radical (unpaired) electrons. The molecular formula is C17H21N5O3. The van der Waals surface area contributed by atoms with Crippen LogP contribution in [0.5, 0.6) is 0 Å². The van der Waals surface area contributed by atoms with Gasteiger partial charge >= 0.3 is 5.97 Å². The van der Waals surface area contributed by atoms with Gasteiger partial charge in [-0.3, -0.25) is 4.79 Å². The molecule has 8 heteroatoms. The maximum Gasteiger partial charge on any atom is 0.338 e. The summed E-state index contributed by atoms with van der Waals surface area (Å²) in [6, 6.07) is 7.01. The van der Waals surface area contributed by atoms with Gasteiger partial charge < -0.3 is 9.64 Å². The third kappa shape index (κ3) is 3.84. The Kier molecular flexibility index (Phi) is 5.06. The number of ether oxygens (including phenoxy) is 1. The van der Waals surface area contributed by atoms with Gasteiger partial charge in [0, 0.05) is 17.6 Å². The number of aromatic amines is 1. The van der Waals surface area contributed by atoms with Crippen LogP contribution in [-0.4, -0.2) is 56.1 Å². The van der Waals surface area contributed by atoms with Crippen molar-refractivity contribution in [2.45, 2.75) is 45.2 Å². The van der Waals surface area contributed by atoms with Gasteiger partial charge in [0.15, 0.2) is 6.61 Å². The van der Waals surface area contributed by atoms with E-state index in [0.717, 1.165) is 24.8 Å². The van der Waals surface area contributed by atoms with Crippen LogP contribution in [0.3, 0.4) is 0 Å². The minimum absolute atomic E-state index is 0.142. The standard InChI is InChI=1S/C17H21N5O3/c1-11-4-3-5-12(2)22(11)15(23)10-25-17(24)14-8-6-13(7-9-14)16-18-20-21-19-16/h6-9,11-12H,3-5,10H2,1-2H3,(H,18,19,20,21)/t11-,12-/m0/s1. The summed E-state index contributed by atoms with van der Waals surface area (Å²) < 4.78 is 5.19. The van der Waals surface area contributed by atoms with E-state index in [1.54, 1.807) is 24.3 Å². The van der Waals surface area contributed by atoms with Gasteiger partial charge in [0.25, 0.3) is 5.91 Å². The van der Waals surface area contributed by atoms with Crippen molar-refractivity contribution >= 4 is 11.9 Å². The molecule has 8 nitrogen and oxygen atoms in total. The van der Waals surface area contributed by atoms with Crippen molar-refractivity contribution in [3.05, 3.63) is 29.8 Å². The van der Waals surface area contributed by atoms with Gasteiger partial charge in [-0.1, -0.05) is 12.1 Å². The number of aromatic nitrogens is 4. The molecule has 25 heavy (non-hydrogen) atoms. The summed E-state index contributed by atoms with van der Waals surface area (Å²) in [6.07, 6.45) is 3.10. The Bertz CT molecular complexity index is 719. The number of hydrogen-bond donors (Lipinski definition) is 1. The van der Waals surface area contributed by atoms with Gasteiger partial charge in [-0.05, 0) is 50.5 Å². The Morgan fingerprint density at radius 1 is 1.20 bits per heavy atom. The zero-order valence-electron chi connectivity index (χ0n) is 14.3. The van der Waals surface area contributed by atoms with Crippen molar-refractivity contribution < 1.29 is 14.3 Å². The van der Waals surface area contributed by atoms with Crippen molar-refractivity contribution in [1.29, 1.82) is 0 Å². The number of benzene rings is 1. The first-order chi connectivity index (χ1) is 12.1.